The molecule has 0 aliphatic rings. The summed E-state index contributed by atoms with van der Waals surface area (Å²) in [6.45, 7) is 0. The van der Waals surface area contributed by atoms with Gasteiger partial charge in [-0.25, -0.2) is 4.39 Å². The quantitative estimate of drug-likeness (QED) is 0.906. The molecule has 0 atom stereocenters. The average molecular weight is 294 g/mol. The molecular weight excluding hydrogens is 285 g/mol. The van der Waals surface area contributed by atoms with E-state index in [1.165, 1.54) is 12.1 Å². The smallest absolute Gasteiger partial charge is 0.248 e. The van der Waals surface area contributed by atoms with E-state index >= 15 is 0 Å². The average Bonchev–Trinajstić information content (AvgIpc) is 2.29. The van der Waals surface area contributed by atoms with E-state index < -0.39 is 5.91 Å². The molecule has 0 radical (unpaired) electrons. The maximum atomic E-state index is 12.8. The van der Waals surface area contributed by atoms with E-state index in [2.05, 4.69) is 15.9 Å². The van der Waals surface area contributed by atoms with Crippen LogP contribution in [0.2, 0.25) is 0 Å². The first-order valence-corrected chi connectivity index (χ1v) is 5.72. The molecule has 4 heteroatoms. The monoisotopic (exact) mass is 293 g/mol. The molecule has 0 heterocycles. The number of hydrogen-bond acceptors (Lipinski definition) is 1. The number of nitrogens with two attached hydrogens (primary N) is 1. The number of benzene rings is 2. The lowest BCUT2D eigenvalue weighted by Gasteiger charge is -2.05. The number of carbonyl (C=O) groups excluding carboxylic acids is 1. The highest BCUT2D eigenvalue weighted by molar-refractivity contribution is 9.10. The SMILES string of the molecule is NC(=O)c1cc(Br)cc(-c2ccc(F)cc2)c1. The van der Waals surface area contributed by atoms with E-state index in [9.17, 15) is 9.18 Å². The number of hydrogen-bond donors (Lipinski definition) is 1. The third-order valence-electron chi connectivity index (χ3n) is 2.36. The van der Waals surface area contributed by atoms with Gasteiger partial charge in [-0.3, -0.25) is 4.79 Å². The highest BCUT2D eigenvalue weighted by atomic mass is 79.9. The largest absolute Gasteiger partial charge is 0.366 e. The Bertz CT molecular complexity index is 566. The fourth-order valence-corrected chi connectivity index (χ4v) is 2.03. The van der Waals surface area contributed by atoms with Crippen molar-refractivity contribution in [3.63, 3.8) is 0 Å². The third-order valence-corrected chi connectivity index (χ3v) is 2.82. The lowest BCUT2D eigenvalue weighted by Crippen LogP contribution is -2.10. The normalized spacial score (nSPS) is 10.2. The summed E-state index contributed by atoms with van der Waals surface area (Å²) in [5, 5.41) is 0. The molecule has 1 amide bonds. The number of primary amides is 1. The fourth-order valence-electron chi connectivity index (χ4n) is 1.54. The van der Waals surface area contributed by atoms with Gasteiger partial charge in [0.25, 0.3) is 0 Å². The fraction of sp³-hybridized carbons (Fsp3) is 0. The summed E-state index contributed by atoms with van der Waals surface area (Å²) in [5.74, 6) is -0.784. The summed E-state index contributed by atoms with van der Waals surface area (Å²) in [4.78, 5) is 11.1. The number of rotatable bonds is 2. The van der Waals surface area contributed by atoms with Gasteiger partial charge in [0, 0.05) is 10.0 Å². The van der Waals surface area contributed by atoms with E-state index in [4.69, 9.17) is 5.73 Å². The van der Waals surface area contributed by atoms with Crippen molar-refractivity contribution in [3.8, 4) is 11.1 Å². The molecule has 2 aromatic rings. The predicted molar refractivity (Wildman–Crippen MR) is 68.1 cm³/mol. The first-order valence-electron chi connectivity index (χ1n) is 4.92. The zero-order valence-corrected chi connectivity index (χ0v) is 10.4. The van der Waals surface area contributed by atoms with E-state index in [0.717, 1.165) is 15.6 Å². The molecule has 2 rings (SSSR count). The lowest BCUT2D eigenvalue weighted by atomic mass is 10.0. The van der Waals surface area contributed by atoms with Gasteiger partial charge in [0.05, 0.1) is 0 Å². The van der Waals surface area contributed by atoms with E-state index in [0.29, 0.717) is 5.56 Å². The van der Waals surface area contributed by atoms with Gasteiger partial charge in [0.1, 0.15) is 5.82 Å². The van der Waals surface area contributed by atoms with Gasteiger partial charge in [-0.15, -0.1) is 0 Å². The van der Waals surface area contributed by atoms with E-state index in [-0.39, 0.29) is 5.82 Å². The Morgan fingerprint density at radius 3 is 2.29 bits per heavy atom. The second-order valence-electron chi connectivity index (χ2n) is 3.60. The molecule has 0 spiro atoms. The standard InChI is InChI=1S/C13H9BrFNO/c14-11-6-9(5-10(7-11)13(16)17)8-1-3-12(15)4-2-8/h1-7H,(H2,16,17). The molecule has 2 nitrogen and oxygen atoms in total. The molecule has 0 unspecified atom stereocenters. The van der Waals surface area contributed by atoms with Crippen molar-refractivity contribution in [3.05, 3.63) is 58.3 Å². The maximum absolute atomic E-state index is 12.8. The topological polar surface area (TPSA) is 43.1 Å². The van der Waals surface area contributed by atoms with Gasteiger partial charge < -0.3 is 5.73 Å². The van der Waals surface area contributed by atoms with Crippen molar-refractivity contribution < 1.29 is 9.18 Å². The van der Waals surface area contributed by atoms with Crippen molar-refractivity contribution in [2.75, 3.05) is 0 Å². The summed E-state index contributed by atoms with van der Waals surface area (Å²) in [6, 6.07) is 11.2. The van der Waals surface area contributed by atoms with Crippen LogP contribution in [0.3, 0.4) is 0 Å². The van der Waals surface area contributed by atoms with Crippen LogP contribution in [-0.2, 0) is 0 Å². The number of amides is 1. The molecule has 0 aliphatic heterocycles. The van der Waals surface area contributed by atoms with Crippen LogP contribution >= 0.6 is 15.9 Å². The Kier molecular flexibility index (Phi) is 3.24. The minimum Gasteiger partial charge on any atom is -0.366 e. The van der Waals surface area contributed by atoms with Crippen LogP contribution < -0.4 is 5.73 Å². The minimum atomic E-state index is -0.491. The van der Waals surface area contributed by atoms with Crippen LogP contribution in [0.15, 0.2) is 46.9 Å². The summed E-state index contributed by atoms with van der Waals surface area (Å²) in [7, 11) is 0. The minimum absolute atomic E-state index is 0.293. The third kappa shape index (κ3) is 2.71. The summed E-state index contributed by atoms with van der Waals surface area (Å²) in [6.07, 6.45) is 0. The van der Waals surface area contributed by atoms with Crippen molar-refractivity contribution >= 4 is 21.8 Å². The molecule has 0 saturated carbocycles. The first kappa shape index (κ1) is 11.8. The van der Waals surface area contributed by atoms with Gasteiger partial charge in [-0.2, -0.15) is 0 Å². The molecule has 0 fully saturated rings. The number of carbonyl (C=O) groups is 1. The second kappa shape index (κ2) is 4.67. The van der Waals surface area contributed by atoms with Gasteiger partial charge in [-0.1, -0.05) is 28.1 Å². The van der Waals surface area contributed by atoms with Crippen LogP contribution in [0, 0.1) is 5.82 Å². The van der Waals surface area contributed by atoms with Crippen LogP contribution in [-0.4, -0.2) is 5.91 Å². The van der Waals surface area contributed by atoms with Gasteiger partial charge in [0.15, 0.2) is 0 Å². The van der Waals surface area contributed by atoms with E-state index in [1.54, 1.807) is 24.3 Å². The van der Waals surface area contributed by atoms with Crippen molar-refractivity contribution in [1.29, 1.82) is 0 Å². The van der Waals surface area contributed by atoms with Crippen molar-refractivity contribution in [1.82, 2.24) is 0 Å². The number of halogens is 2. The highest BCUT2D eigenvalue weighted by Gasteiger charge is 2.06. The van der Waals surface area contributed by atoms with Crippen LogP contribution in [0.4, 0.5) is 4.39 Å². The molecule has 0 bridgehead atoms. The maximum Gasteiger partial charge on any atom is 0.248 e. The molecule has 86 valence electrons. The Hall–Kier alpha value is -1.68. The molecule has 2 N–H and O–H groups in total. The Morgan fingerprint density at radius 1 is 1.06 bits per heavy atom. The second-order valence-corrected chi connectivity index (χ2v) is 4.52. The molecule has 0 aliphatic carbocycles. The van der Waals surface area contributed by atoms with Crippen molar-refractivity contribution in [2.45, 2.75) is 0 Å². The molecule has 0 aromatic heterocycles. The Morgan fingerprint density at radius 2 is 1.71 bits per heavy atom. The summed E-state index contributed by atoms with van der Waals surface area (Å²) < 4.78 is 13.6. The van der Waals surface area contributed by atoms with Gasteiger partial charge >= 0.3 is 0 Å². The zero-order valence-electron chi connectivity index (χ0n) is 8.78. The molecule has 2 aromatic carbocycles. The Balaban J connectivity index is 2.51. The van der Waals surface area contributed by atoms with Gasteiger partial charge in [-0.05, 0) is 41.5 Å². The van der Waals surface area contributed by atoms with Gasteiger partial charge in [0.2, 0.25) is 5.91 Å². The van der Waals surface area contributed by atoms with Crippen molar-refractivity contribution in [2.24, 2.45) is 5.73 Å². The summed E-state index contributed by atoms with van der Waals surface area (Å²) >= 11 is 3.31. The van der Waals surface area contributed by atoms with E-state index in [1.807, 2.05) is 6.07 Å². The van der Waals surface area contributed by atoms with Crippen LogP contribution in [0.25, 0.3) is 11.1 Å². The van der Waals surface area contributed by atoms with Crippen LogP contribution in [0.1, 0.15) is 10.4 Å². The molecule has 17 heavy (non-hydrogen) atoms. The predicted octanol–water partition coefficient (Wildman–Crippen LogP) is 3.35. The first-order chi connectivity index (χ1) is 8.06. The summed E-state index contributed by atoms with van der Waals surface area (Å²) in [5.41, 5.74) is 7.29. The highest BCUT2D eigenvalue weighted by Crippen LogP contribution is 2.25. The Labute approximate surface area is 106 Å². The lowest BCUT2D eigenvalue weighted by molar-refractivity contribution is 0.100. The van der Waals surface area contributed by atoms with Crippen LogP contribution in [0.5, 0.6) is 0 Å². The molecular formula is C13H9BrFNO. The molecule has 0 saturated heterocycles. The zero-order chi connectivity index (χ0) is 12.4.